The molecular weight excluding hydrogens is 251 g/mol. The summed E-state index contributed by atoms with van der Waals surface area (Å²) in [6.07, 6.45) is 0. The summed E-state index contributed by atoms with van der Waals surface area (Å²) in [5, 5.41) is 8.78. The molecule has 0 unspecified atom stereocenters. The molecule has 1 rings (SSSR count). The molecule has 0 bridgehead atoms. The lowest BCUT2D eigenvalue weighted by Crippen LogP contribution is -2.40. The van der Waals surface area contributed by atoms with Crippen molar-refractivity contribution in [2.45, 2.75) is 38.5 Å². The van der Waals surface area contributed by atoms with E-state index >= 15 is 0 Å². The molecule has 0 saturated carbocycles. The van der Waals surface area contributed by atoms with Gasteiger partial charge in [0, 0.05) is 11.4 Å². The van der Waals surface area contributed by atoms with Crippen LogP contribution in [0.2, 0.25) is 0 Å². The summed E-state index contributed by atoms with van der Waals surface area (Å²) in [5.74, 6) is -0.459. The van der Waals surface area contributed by atoms with E-state index < -0.39 is 17.2 Å². The quantitative estimate of drug-likeness (QED) is 0.857. The van der Waals surface area contributed by atoms with E-state index in [1.54, 1.807) is 13.0 Å². The van der Waals surface area contributed by atoms with Gasteiger partial charge in [0.1, 0.15) is 10.6 Å². The van der Waals surface area contributed by atoms with Crippen molar-refractivity contribution in [3.63, 3.8) is 0 Å². The summed E-state index contributed by atoms with van der Waals surface area (Å²) in [6, 6.07) is 5.74. The van der Waals surface area contributed by atoms with E-state index in [2.05, 4.69) is 4.72 Å². The van der Waals surface area contributed by atoms with Gasteiger partial charge >= 0.3 is 0 Å². The highest BCUT2D eigenvalue weighted by molar-refractivity contribution is 7.90. The summed E-state index contributed by atoms with van der Waals surface area (Å²) < 4.78 is 27.7. The Morgan fingerprint density at radius 1 is 1.39 bits per heavy atom. The summed E-state index contributed by atoms with van der Waals surface area (Å²) in [4.78, 5) is 0. The Labute approximate surface area is 110 Å². The highest BCUT2D eigenvalue weighted by Gasteiger charge is 2.28. The van der Waals surface area contributed by atoms with Gasteiger partial charge in [0.25, 0.3) is 0 Å². The molecule has 5 heteroatoms. The minimum absolute atomic E-state index is 0.264. The van der Waals surface area contributed by atoms with Crippen LogP contribution in [0.3, 0.4) is 0 Å². The third-order valence-corrected chi connectivity index (χ3v) is 4.07. The molecule has 0 amide bonds. The van der Waals surface area contributed by atoms with E-state index in [0.29, 0.717) is 5.56 Å². The second-order valence-electron chi connectivity index (χ2n) is 5.11. The number of nitrogens with one attached hydrogen (secondary N) is 1. The lowest BCUT2D eigenvalue weighted by Gasteiger charge is -2.26. The van der Waals surface area contributed by atoms with Gasteiger partial charge in [0.05, 0.1) is 17.7 Å². The maximum atomic E-state index is 13.3. The van der Waals surface area contributed by atoms with E-state index in [1.165, 1.54) is 12.1 Å². The summed E-state index contributed by atoms with van der Waals surface area (Å²) in [7, 11) is 0. The van der Waals surface area contributed by atoms with Crippen LogP contribution in [0.25, 0.3) is 0 Å². The van der Waals surface area contributed by atoms with Gasteiger partial charge in [0.2, 0.25) is 0 Å². The third-order valence-electron chi connectivity index (χ3n) is 2.39. The number of rotatable bonds is 3. The van der Waals surface area contributed by atoms with Gasteiger partial charge in [-0.25, -0.2) is 4.39 Å². The van der Waals surface area contributed by atoms with E-state index in [4.69, 9.17) is 5.26 Å². The molecule has 98 valence electrons. The van der Waals surface area contributed by atoms with Crippen molar-refractivity contribution in [2.24, 2.45) is 0 Å². The van der Waals surface area contributed by atoms with Crippen LogP contribution in [0, 0.1) is 17.1 Å². The topological polar surface area (TPSA) is 58.9 Å². The summed E-state index contributed by atoms with van der Waals surface area (Å²) in [5.41, 5.74) is 0.879. The largest absolute Gasteiger partial charge is 0.598 e. The Balaban J connectivity index is 2.88. The van der Waals surface area contributed by atoms with E-state index in [-0.39, 0.29) is 16.4 Å². The molecule has 0 aliphatic heterocycles. The van der Waals surface area contributed by atoms with Crippen LogP contribution < -0.4 is 4.72 Å². The van der Waals surface area contributed by atoms with Gasteiger partial charge in [-0.05, 0) is 51.5 Å². The fraction of sp³-hybridized carbons (Fsp3) is 0.462. The third kappa shape index (κ3) is 3.98. The minimum atomic E-state index is -1.24. The number of hydrogen-bond acceptors (Lipinski definition) is 3. The van der Waals surface area contributed by atoms with Gasteiger partial charge in [-0.2, -0.15) is 5.26 Å². The molecule has 0 radical (unpaired) electrons. The zero-order valence-corrected chi connectivity index (χ0v) is 11.8. The zero-order chi connectivity index (χ0) is 13.9. The lowest BCUT2D eigenvalue weighted by atomic mass is 10.1. The van der Waals surface area contributed by atoms with Crippen molar-refractivity contribution in [1.29, 1.82) is 5.26 Å². The smallest absolute Gasteiger partial charge is 0.136 e. The Morgan fingerprint density at radius 2 is 2.00 bits per heavy atom. The highest BCUT2D eigenvalue weighted by Crippen LogP contribution is 2.21. The van der Waals surface area contributed by atoms with Crippen LogP contribution in [0.4, 0.5) is 4.39 Å². The minimum Gasteiger partial charge on any atom is -0.598 e. The molecule has 0 aliphatic rings. The average Bonchev–Trinajstić information content (AvgIpc) is 2.26. The average molecular weight is 268 g/mol. The lowest BCUT2D eigenvalue weighted by molar-refractivity contribution is 0.530. The first-order valence-electron chi connectivity index (χ1n) is 5.62. The molecule has 0 fully saturated rings. The molecule has 3 nitrogen and oxygen atoms in total. The molecule has 0 spiro atoms. The first kappa shape index (κ1) is 15.0. The van der Waals surface area contributed by atoms with Crippen LogP contribution in [0.15, 0.2) is 18.2 Å². The number of nitriles is 1. The molecule has 0 aliphatic carbocycles. The molecular formula is C13H17FN2OS. The first-order chi connectivity index (χ1) is 8.24. The molecule has 0 aromatic heterocycles. The van der Waals surface area contributed by atoms with E-state index in [1.807, 2.05) is 26.8 Å². The Morgan fingerprint density at radius 3 is 2.50 bits per heavy atom. The van der Waals surface area contributed by atoms with E-state index in [0.717, 1.165) is 0 Å². The fourth-order valence-corrected chi connectivity index (χ4v) is 2.14. The molecule has 0 heterocycles. The Kier molecular flexibility index (Phi) is 4.74. The van der Waals surface area contributed by atoms with Crippen molar-refractivity contribution < 1.29 is 8.94 Å². The first-order valence-corrected chi connectivity index (χ1v) is 6.77. The van der Waals surface area contributed by atoms with Crippen molar-refractivity contribution >= 4 is 11.4 Å². The SMILES string of the molecule is C[C@H](N[S@+]([O-])C(C)(C)C)c1cc(F)cc(C#N)c1. The molecule has 1 N–H and O–H groups in total. The predicted octanol–water partition coefficient (Wildman–Crippen LogP) is 2.81. The van der Waals surface area contributed by atoms with Gasteiger partial charge in [-0.15, -0.1) is 4.72 Å². The second kappa shape index (κ2) is 5.70. The molecule has 18 heavy (non-hydrogen) atoms. The number of hydrogen-bond donors (Lipinski definition) is 1. The van der Waals surface area contributed by atoms with Gasteiger partial charge in [0.15, 0.2) is 0 Å². The van der Waals surface area contributed by atoms with Crippen LogP contribution in [0.1, 0.15) is 44.9 Å². The van der Waals surface area contributed by atoms with Crippen LogP contribution in [-0.4, -0.2) is 9.30 Å². The normalized spacial score (nSPS) is 14.9. The predicted molar refractivity (Wildman–Crippen MR) is 70.6 cm³/mol. The van der Waals surface area contributed by atoms with Crippen LogP contribution in [0.5, 0.6) is 0 Å². The summed E-state index contributed by atoms with van der Waals surface area (Å²) >= 11 is -1.24. The van der Waals surface area contributed by atoms with Gasteiger partial charge in [-0.3, -0.25) is 0 Å². The highest BCUT2D eigenvalue weighted by atomic mass is 32.2. The van der Waals surface area contributed by atoms with Crippen molar-refractivity contribution in [1.82, 2.24) is 4.72 Å². The Bertz CT molecular complexity index is 465. The van der Waals surface area contributed by atoms with Gasteiger partial charge in [-0.1, -0.05) is 0 Å². The maximum Gasteiger partial charge on any atom is 0.136 e. The van der Waals surface area contributed by atoms with E-state index in [9.17, 15) is 8.94 Å². The number of benzene rings is 1. The molecule has 0 saturated heterocycles. The maximum absolute atomic E-state index is 13.3. The van der Waals surface area contributed by atoms with Crippen molar-refractivity contribution in [3.8, 4) is 6.07 Å². The van der Waals surface area contributed by atoms with Gasteiger partial charge < -0.3 is 4.55 Å². The Hall–Kier alpha value is -1.09. The summed E-state index contributed by atoms with van der Waals surface area (Å²) in [6.45, 7) is 7.36. The van der Waals surface area contributed by atoms with Crippen molar-refractivity contribution in [3.05, 3.63) is 35.1 Å². The molecule has 2 atom stereocenters. The molecule has 1 aromatic rings. The van der Waals surface area contributed by atoms with Crippen molar-refractivity contribution in [2.75, 3.05) is 0 Å². The standard InChI is InChI=1S/C13H17FN2OS/c1-9(16-18(17)13(2,3)4)11-5-10(8-15)6-12(14)7-11/h5-7,9,16H,1-4H3/t9-,18+/m0/s1. The monoisotopic (exact) mass is 268 g/mol. The number of halogens is 1. The number of nitrogens with zero attached hydrogens (tertiary/aromatic N) is 1. The molecule has 1 aromatic carbocycles. The second-order valence-corrected chi connectivity index (χ2v) is 7.10. The van der Waals surface area contributed by atoms with Crippen LogP contribution in [-0.2, 0) is 11.4 Å². The van der Waals surface area contributed by atoms with Crippen LogP contribution >= 0.6 is 0 Å². The zero-order valence-electron chi connectivity index (χ0n) is 11.0. The fourth-order valence-electron chi connectivity index (χ4n) is 1.33.